The first-order valence-corrected chi connectivity index (χ1v) is 6.27. The summed E-state index contributed by atoms with van der Waals surface area (Å²) in [5.41, 5.74) is 0.967. The highest BCUT2D eigenvalue weighted by Crippen LogP contribution is 2.20. The van der Waals surface area contributed by atoms with Crippen LogP contribution < -0.4 is 5.32 Å². The SMILES string of the molecule is CSc1ccc(Nc2cncc(Cl)n2)cc1. The van der Waals surface area contributed by atoms with Crippen LogP contribution in [0.15, 0.2) is 41.6 Å². The molecular weight excluding hydrogens is 242 g/mol. The van der Waals surface area contributed by atoms with Crippen LogP contribution >= 0.6 is 23.4 Å². The van der Waals surface area contributed by atoms with Gasteiger partial charge in [-0.3, -0.25) is 4.98 Å². The second kappa shape index (κ2) is 5.18. The molecule has 0 saturated heterocycles. The highest BCUT2D eigenvalue weighted by atomic mass is 35.5. The molecule has 2 aromatic rings. The summed E-state index contributed by atoms with van der Waals surface area (Å²) in [4.78, 5) is 9.28. The molecular formula is C11H10ClN3S. The summed E-state index contributed by atoms with van der Waals surface area (Å²) in [5, 5.41) is 3.51. The maximum Gasteiger partial charge on any atom is 0.150 e. The second-order valence-electron chi connectivity index (χ2n) is 3.08. The Labute approximate surface area is 103 Å². The number of halogens is 1. The van der Waals surface area contributed by atoms with Crippen molar-refractivity contribution >= 4 is 34.9 Å². The molecule has 0 radical (unpaired) electrons. The molecule has 1 heterocycles. The van der Waals surface area contributed by atoms with Gasteiger partial charge in [0, 0.05) is 10.6 Å². The van der Waals surface area contributed by atoms with Gasteiger partial charge < -0.3 is 5.32 Å². The van der Waals surface area contributed by atoms with E-state index in [0.29, 0.717) is 11.0 Å². The van der Waals surface area contributed by atoms with E-state index in [-0.39, 0.29) is 0 Å². The molecule has 1 aromatic carbocycles. The molecule has 0 atom stereocenters. The normalized spacial score (nSPS) is 10.1. The lowest BCUT2D eigenvalue weighted by Crippen LogP contribution is -1.94. The predicted molar refractivity (Wildman–Crippen MR) is 68.5 cm³/mol. The summed E-state index contributed by atoms with van der Waals surface area (Å²) in [6.45, 7) is 0. The van der Waals surface area contributed by atoms with Crippen molar-refractivity contribution < 1.29 is 0 Å². The number of thioether (sulfide) groups is 1. The minimum atomic E-state index is 0.380. The van der Waals surface area contributed by atoms with Crippen molar-refractivity contribution in [2.75, 3.05) is 11.6 Å². The van der Waals surface area contributed by atoms with E-state index in [4.69, 9.17) is 11.6 Å². The largest absolute Gasteiger partial charge is 0.339 e. The number of anilines is 2. The van der Waals surface area contributed by atoms with Gasteiger partial charge in [-0.15, -0.1) is 11.8 Å². The van der Waals surface area contributed by atoms with Crippen LogP contribution in [0, 0.1) is 0 Å². The molecule has 0 aliphatic carbocycles. The maximum absolute atomic E-state index is 5.74. The molecule has 82 valence electrons. The number of nitrogens with one attached hydrogen (secondary N) is 1. The Morgan fingerprint density at radius 1 is 1.19 bits per heavy atom. The van der Waals surface area contributed by atoms with E-state index in [1.165, 1.54) is 11.1 Å². The van der Waals surface area contributed by atoms with Crippen LogP contribution in [0.3, 0.4) is 0 Å². The molecule has 0 aliphatic rings. The zero-order valence-corrected chi connectivity index (χ0v) is 10.2. The van der Waals surface area contributed by atoms with Crippen LogP contribution in [0.25, 0.3) is 0 Å². The Bertz CT molecular complexity index is 473. The van der Waals surface area contributed by atoms with Crippen molar-refractivity contribution in [1.82, 2.24) is 9.97 Å². The quantitative estimate of drug-likeness (QED) is 0.846. The molecule has 5 heteroatoms. The number of nitrogens with zero attached hydrogens (tertiary/aromatic N) is 2. The Morgan fingerprint density at radius 2 is 1.94 bits per heavy atom. The van der Waals surface area contributed by atoms with Crippen LogP contribution in [0.4, 0.5) is 11.5 Å². The fraction of sp³-hybridized carbons (Fsp3) is 0.0909. The summed E-state index contributed by atoms with van der Waals surface area (Å²) in [7, 11) is 0. The van der Waals surface area contributed by atoms with Crippen molar-refractivity contribution in [1.29, 1.82) is 0 Å². The topological polar surface area (TPSA) is 37.8 Å². The van der Waals surface area contributed by atoms with Gasteiger partial charge in [-0.05, 0) is 30.5 Å². The minimum Gasteiger partial charge on any atom is -0.339 e. The van der Waals surface area contributed by atoms with Gasteiger partial charge in [0.2, 0.25) is 0 Å². The summed E-state index contributed by atoms with van der Waals surface area (Å²) in [6.07, 6.45) is 5.18. The van der Waals surface area contributed by atoms with Crippen molar-refractivity contribution in [3.8, 4) is 0 Å². The van der Waals surface area contributed by atoms with E-state index in [0.717, 1.165) is 5.69 Å². The molecule has 0 spiro atoms. The van der Waals surface area contributed by atoms with Crippen LogP contribution in [0.5, 0.6) is 0 Å². The Morgan fingerprint density at radius 3 is 2.56 bits per heavy atom. The lowest BCUT2D eigenvalue weighted by Gasteiger charge is -2.05. The zero-order valence-electron chi connectivity index (χ0n) is 8.64. The Balaban J connectivity index is 2.14. The van der Waals surface area contributed by atoms with Crippen molar-refractivity contribution in [3.63, 3.8) is 0 Å². The third kappa shape index (κ3) is 2.87. The lowest BCUT2D eigenvalue weighted by molar-refractivity contribution is 1.20. The summed E-state index contributed by atoms with van der Waals surface area (Å²) < 4.78 is 0. The van der Waals surface area contributed by atoms with Gasteiger partial charge in [-0.2, -0.15) is 0 Å². The maximum atomic E-state index is 5.74. The molecule has 0 fully saturated rings. The van der Waals surface area contributed by atoms with Crippen molar-refractivity contribution in [2.24, 2.45) is 0 Å². The monoisotopic (exact) mass is 251 g/mol. The van der Waals surface area contributed by atoms with E-state index in [9.17, 15) is 0 Å². The molecule has 0 unspecified atom stereocenters. The third-order valence-corrected chi connectivity index (χ3v) is 2.89. The molecule has 0 amide bonds. The van der Waals surface area contributed by atoms with Gasteiger partial charge in [-0.1, -0.05) is 11.6 Å². The van der Waals surface area contributed by atoms with Crippen LogP contribution in [-0.2, 0) is 0 Å². The molecule has 16 heavy (non-hydrogen) atoms. The summed E-state index contributed by atoms with van der Waals surface area (Å²) in [6, 6.07) is 8.08. The van der Waals surface area contributed by atoms with Gasteiger partial charge in [0.1, 0.15) is 5.15 Å². The summed E-state index contributed by atoms with van der Waals surface area (Å²) >= 11 is 7.45. The van der Waals surface area contributed by atoms with E-state index in [2.05, 4.69) is 15.3 Å². The zero-order chi connectivity index (χ0) is 11.4. The average molecular weight is 252 g/mol. The first-order valence-electron chi connectivity index (χ1n) is 4.66. The second-order valence-corrected chi connectivity index (χ2v) is 4.35. The Hall–Kier alpha value is -1.26. The molecule has 1 aromatic heterocycles. The first kappa shape index (κ1) is 11.2. The molecule has 3 nitrogen and oxygen atoms in total. The smallest absolute Gasteiger partial charge is 0.150 e. The number of benzene rings is 1. The van der Waals surface area contributed by atoms with Gasteiger partial charge in [0.25, 0.3) is 0 Å². The highest BCUT2D eigenvalue weighted by molar-refractivity contribution is 7.98. The predicted octanol–water partition coefficient (Wildman–Crippen LogP) is 3.60. The van der Waals surface area contributed by atoms with Gasteiger partial charge >= 0.3 is 0 Å². The van der Waals surface area contributed by atoms with E-state index in [1.54, 1.807) is 18.0 Å². The van der Waals surface area contributed by atoms with Crippen molar-refractivity contribution in [2.45, 2.75) is 4.90 Å². The van der Waals surface area contributed by atoms with Gasteiger partial charge in [-0.25, -0.2) is 4.98 Å². The fourth-order valence-corrected chi connectivity index (χ4v) is 1.78. The van der Waals surface area contributed by atoms with Crippen LogP contribution in [0.2, 0.25) is 5.15 Å². The molecule has 2 rings (SSSR count). The number of aromatic nitrogens is 2. The van der Waals surface area contributed by atoms with E-state index < -0.39 is 0 Å². The Kier molecular flexibility index (Phi) is 3.64. The third-order valence-electron chi connectivity index (χ3n) is 1.97. The molecule has 0 bridgehead atoms. The average Bonchev–Trinajstić information content (AvgIpc) is 2.30. The van der Waals surface area contributed by atoms with Gasteiger partial charge in [0.15, 0.2) is 5.82 Å². The van der Waals surface area contributed by atoms with E-state index >= 15 is 0 Å². The minimum absolute atomic E-state index is 0.380. The molecule has 0 saturated carbocycles. The number of hydrogen-bond donors (Lipinski definition) is 1. The highest BCUT2D eigenvalue weighted by Gasteiger charge is 1.97. The fourth-order valence-electron chi connectivity index (χ4n) is 1.22. The standard InChI is InChI=1S/C11H10ClN3S/c1-16-9-4-2-8(3-5-9)14-11-7-13-6-10(12)15-11/h2-7H,1H3,(H,14,15). The number of rotatable bonds is 3. The lowest BCUT2D eigenvalue weighted by atomic mass is 10.3. The number of hydrogen-bond acceptors (Lipinski definition) is 4. The summed E-state index contributed by atoms with van der Waals surface area (Å²) in [5.74, 6) is 0.643. The van der Waals surface area contributed by atoms with Crippen LogP contribution in [-0.4, -0.2) is 16.2 Å². The first-order chi connectivity index (χ1) is 7.78. The molecule has 0 aliphatic heterocycles. The van der Waals surface area contributed by atoms with Crippen LogP contribution in [0.1, 0.15) is 0 Å². The van der Waals surface area contributed by atoms with Crippen molar-refractivity contribution in [3.05, 3.63) is 41.8 Å². The molecule has 1 N–H and O–H groups in total. The van der Waals surface area contributed by atoms with E-state index in [1.807, 2.05) is 30.5 Å². The van der Waals surface area contributed by atoms with Gasteiger partial charge in [0.05, 0.1) is 12.4 Å².